The smallest absolute Gasteiger partial charge is 0.308 e. The van der Waals surface area contributed by atoms with E-state index in [1.54, 1.807) is 18.2 Å². The molecule has 0 unspecified atom stereocenters. The molecule has 0 N–H and O–H groups in total. The van der Waals surface area contributed by atoms with Gasteiger partial charge in [0.25, 0.3) is 0 Å². The van der Waals surface area contributed by atoms with E-state index in [0.717, 1.165) is 0 Å². The molecule has 0 atom stereocenters. The van der Waals surface area contributed by atoms with Crippen LogP contribution in [0.25, 0.3) is 10.8 Å². The molecule has 6 nitrogen and oxygen atoms in total. The van der Waals surface area contributed by atoms with E-state index in [4.69, 9.17) is 30.5 Å². The van der Waals surface area contributed by atoms with Crippen molar-refractivity contribution in [2.24, 2.45) is 0 Å². The lowest BCUT2D eigenvalue weighted by Gasteiger charge is -2.23. The monoisotopic (exact) mass is 394 g/mol. The summed E-state index contributed by atoms with van der Waals surface area (Å²) in [6.45, 7) is 9.89. The van der Waals surface area contributed by atoms with Gasteiger partial charge in [-0.3, -0.25) is 9.59 Å². The number of hydrogen-bond acceptors (Lipinski definition) is 6. The molecule has 2 aromatic carbocycles. The van der Waals surface area contributed by atoms with Crippen molar-refractivity contribution in [2.75, 3.05) is 0 Å². The second-order valence-electron chi connectivity index (χ2n) is 6.53. The van der Waals surface area contributed by atoms with Crippen LogP contribution in [0.1, 0.15) is 41.5 Å². The van der Waals surface area contributed by atoms with Gasteiger partial charge in [0.15, 0.2) is 11.5 Å². The van der Waals surface area contributed by atoms with Crippen molar-refractivity contribution >= 4 is 34.3 Å². The van der Waals surface area contributed by atoms with Crippen molar-refractivity contribution in [3.05, 3.63) is 23.2 Å². The third-order valence-electron chi connectivity index (χ3n) is 3.29. The highest BCUT2D eigenvalue weighted by atomic mass is 35.5. The molecule has 0 aliphatic rings. The summed E-state index contributed by atoms with van der Waals surface area (Å²) in [4.78, 5) is 23.5. The van der Waals surface area contributed by atoms with Crippen LogP contribution in [0.15, 0.2) is 18.2 Å². The zero-order chi connectivity index (χ0) is 20.3. The highest BCUT2D eigenvalue weighted by molar-refractivity contribution is 6.31. The molecule has 2 aromatic rings. The predicted octanol–water partition coefficient (Wildman–Crippen LogP) is 4.92. The molecule has 7 heteroatoms. The number of ether oxygens (including phenoxy) is 4. The van der Waals surface area contributed by atoms with E-state index in [1.165, 1.54) is 13.8 Å². The zero-order valence-electron chi connectivity index (χ0n) is 16.2. The third kappa shape index (κ3) is 5.04. The fourth-order valence-electron chi connectivity index (χ4n) is 2.53. The quantitative estimate of drug-likeness (QED) is 0.511. The summed E-state index contributed by atoms with van der Waals surface area (Å²) < 4.78 is 22.7. The Balaban J connectivity index is 2.97. The standard InChI is InChI=1S/C20H23ClO6/c1-10(2)24-19-17(26-12(5)22)15-8-7-14(21)9-16(15)18(27-13(6)23)20(19)25-11(3)4/h7-11H,1-6H3. The van der Waals surface area contributed by atoms with Crippen LogP contribution in [-0.4, -0.2) is 24.1 Å². The largest absolute Gasteiger partial charge is 0.484 e. The van der Waals surface area contributed by atoms with Gasteiger partial charge in [0.1, 0.15) is 0 Å². The van der Waals surface area contributed by atoms with Gasteiger partial charge in [0.2, 0.25) is 11.5 Å². The molecule has 0 fully saturated rings. The molecule has 0 saturated carbocycles. The van der Waals surface area contributed by atoms with E-state index < -0.39 is 11.9 Å². The Hall–Kier alpha value is -2.47. The summed E-state index contributed by atoms with van der Waals surface area (Å²) in [7, 11) is 0. The fraction of sp³-hybridized carbons (Fsp3) is 0.400. The minimum atomic E-state index is -0.527. The van der Waals surface area contributed by atoms with Crippen molar-refractivity contribution in [2.45, 2.75) is 53.8 Å². The number of carbonyl (C=O) groups is 2. The molecule has 0 radical (unpaired) electrons. The second-order valence-corrected chi connectivity index (χ2v) is 6.96. The lowest BCUT2D eigenvalue weighted by atomic mass is 10.1. The molecule has 0 aliphatic carbocycles. The summed E-state index contributed by atoms with van der Waals surface area (Å²) in [6.07, 6.45) is -0.501. The number of esters is 2. The van der Waals surface area contributed by atoms with Crippen LogP contribution in [0.2, 0.25) is 5.02 Å². The summed E-state index contributed by atoms with van der Waals surface area (Å²) in [5, 5.41) is 1.41. The molecule has 0 aliphatic heterocycles. The molecule has 0 aromatic heterocycles. The molecule has 2 rings (SSSR count). The summed E-state index contributed by atoms with van der Waals surface area (Å²) >= 11 is 6.15. The van der Waals surface area contributed by atoms with Gasteiger partial charge in [-0.2, -0.15) is 0 Å². The van der Waals surface area contributed by atoms with Crippen molar-refractivity contribution in [3.8, 4) is 23.0 Å². The van der Waals surface area contributed by atoms with Crippen LogP contribution in [0.4, 0.5) is 0 Å². The maximum absolute atomic E-state index is 11.7. The molecule has 146 valence electrons. The maximum Gasteiger partial charge on any atom is 0.308 e. The average molecular weight is 395 g/mol. The first kappa shape index (κ1) is 20.8. The van der Waals surface area contributed by atoms with Gasteiger partial charge in [-0.1, -0.05) is 11.6 Å². The van der Waals surface area contributed by atoms with Crippen LogP contribution in [-0.2, 0) is 9.59 Å². The van der Waals surface area contributed by atoms with E-state index in [2.05, 4.69) is 0 Å². The Bertz CT molecular complexity index is 873. The highest BCUT2D eigenvalue weighted by Crippen LogP contribution is 2.52. The number of halogens is 1. The Morgan fingerprint density at radius 2 is 1.22 bits per heavy atom. The Kier molecular flexibility index (Phi) is 6.54. The number of rotatable bonds is 6. The number of fused-ring (bicyclic) bond motifs is 1. The van der Waals surface area contributed by atoms with Crippen molar-refractivity contribution < 1.29 is 28.5 Å². The Morgan fingerprint density at radius 3 is 1.63 bits per heavy atom. The van der Waals surface area contributed by atoms with Crippen LogP contribution >= 0.6 is 11.6 Å². The topological polar surface area (TPSA) is 71.1 Å². The SMILES string of the molecule is CC(=O)Oc1c(OC(C)C)c(OC(C)C)c(OC(C)=O)c2cc(Cl)ccc12. The number of hydrogen-bond donors (Lipinski definition) is 0. The molecular weight excluding hydrogens is 372 g/mol. The van der Waals surface area contributed by atoms with Crippen LogP contribution < -0.4 is 18.9 Å². The van der Waals surface area contributed by atoms with Crippen LogP contribution in [0.3, 0.4) is 0 Å². The molecule has 0 amide bonds. The normalized spacial score (nSPS) is 11.0. The highest BCUT2D eigenvalue weighted by Gasteiger charge is 2.28. The summed E-state index contributed by atoms with van der Waals surface area (Å²) in [5.74, 6) is -0.314. The van der Waals surface area contributed by atoms with E-state index in [1.807, 2.05) is 27.7 Å². The molecule has 0 saturated heterocycles. The first-order valence-corrected chi connectivity index (χ1v) is 8.97. The minimum absolute atomic E-state index is 0.167. The van der Waals surface area contributed by atoms with Crippen LogP contribution in [0, 0.1) is 0 Å². The summed E-state index contributed by atoms with van der Waals surface area (Å²) in [5.41, 5.74) is 0. The second kappa shape index (κ2) is 8.48. The molecule has 0 spiro atoms. The minimum Gasteiger partial charge on any atom is -0.484 e. The molecular formula is C20H23ClO6. The Morgan fingerprint density at radius 1 is 0.778 bits per heavy atom. The lowest BCUT2D eigenvalue weighted by molar-refractivity contribution is -0.133. The lowest BCUT2D eigenvalue weighted by Crippen LogP contribution is -2.15. The van der Waals surface area contributed by atoms with Gasteiger partial charge in [0, 0.05) is 29.6 Å². The summed E-state index contributed by atoms with van der Waals surface area (Å²) in [6, 6.07) is 4.94. The van der Waals surface area contributed by atoms with E-state index in [-0.39, 0.29) is 35.2 Å². The van der Waals surface area contributed by atoms with Gasteiger partial charge < -0.3 is 18.9 Å². The maximum atomic E-state index is 11.7. The van der Waals surface area contributed by atoms with E-state index >= 15 is 0 Å². The molecule has 0 bridgehead atoms. The molecule has 0 heterocycles. The number of benzene rings is 2. The van der Waals surface area contributed by atoms with E-state index in [0.29, 0.717) is 15.8 Å². The fourth-order valence-corrected chi connectivity index (χ4v) is 2.70. The predicted molar refractivity (Wildman–Crippen MR) is 103 cm³/mol. The Labute approximate surface area is 163 Å². The molecule has 27 heavy (non-hydrogen) atoms. The average Bonchev–Trinajstić information content (AvgIpc) is 2.52. The van der Waals surface area contributed by atoms with Gasteiger partial charge >= 0.3 is 11.9 Å². The zero-order valence-corrected chi connectivity index (χ0v) is 17.0. The van der Waals surface area contributed by atoms with Crippen LogP contribution in [0.5, 0.6) is 23.0 Å². The third-order valence-corrected chi connectivity index (χ3v) is 3.52. The van der Waals surface area contributed by atoms with Gasteiger partial charge in [-0.25, -0.2) is 0 Å². The first-order chi connectivity index (χ1) is 12.6. The van der Waals surface area contributed by atoms with E-state index in [9.17, 15) is 9.59 Å². The van der Waals surface area contributed by atoms with Crippen molar-refractivity contribution in [1.82, 2.24) is 0 Å². The number of carbonyl (C=O) groups excluding carboxylic acids is 2. The first-order valence-electron chi connectivity index (χ1n) is 8.59. The van der Waals surface area contributed by atoms with Gasteiger partial charge in [-0.05, 0) is 45.9 Å². The van der Waals surface area contributed by atoms with Crippen molar-refractivity contribution in [3.63, 3.8) is 0 Å². The van der Waals surface area contributed by atoms with Crippen molar-refractivity contribution in [1.29, 1.82) is 0 Å². The van der Waals surface area contributed by atoms with Gasteiger partial charge in [-0.15, -0.1) is 0 Å². The van der Waals surface area contributed by atoms with Gasteiger partial charge in [0.05, 0.1) is 12.2 Å².